The number of hydrogen-bond donors (Lipinski definition) is 2. The molecule has 21 heavy (non-hydrogen) atoms. The maximum atomic E-state index is 12.1. The van der Waals surface area contributed by atoms with E-state index in [1.807, 2.05) is 23.6 Å². The van der Waals surface area contributed by atoms with Gasteiger partial charge in [-0.25, -0.2) is 4.79 Å². The van der Waals surface area contributed by atoms with Crippen LogP contribution in [0.15, 0.2) is 18.2 Å². The molecule has 0 aromatic heterocycles. The number of fused-ring (bicyclic) bond motifs is 1. The summed E-state index contributed by atoms with van der Waals surface area (Å²) in [5, 5.41) is 6.52. The van der Waals surface area contributed by atoms with Gasteiger partial charge >= 0.3 is 6.03 Å². The van der Waals surface area contributed by atoms with E-state index in [2.05, 4.69) is 28.8 Å². The van der Waals surface area contributed by atoms with E-state index in [4.69, 9.17) is 0 Å². The fraction of sp³-hybridized carbons (Fsp3) is 0.562. The molecule has 0 bridgehead atoms. The average molecular weight is 305 g/mol. The number of carbonyl (C=O) groups is 1. The largest absolute Gasteiger partial charge is 0.381 e. The van der Waals surface area contributed by atoms with E-state index in [1.165, 1.54) is 29.9 Å². The number of rotatable bonds is 3. The lowest BCUT2D eigenvalue weighted by Gasteiger charge is -2.24. The molecule has 1 fully saturated rings. The zero-order valence-corrected chi connectivity index (χ0v) is 13.3. The molecule has 2 heterocycles. The summed E-state index contributed by atoms with van der Waals surface area (Å²) in [7, 11) is 0. The van der Waals surface area contributed by atoms with Gasteiger partial charge in [0.1, 0.15) is 0 Å². The van der Waals surface area contributed by atoms with E-state index in [1.54, 1.807) is 0 Å². The van der Waals surface area contributed by atoms with Crippen LogP contribution >= 0.6 is 11.8 Å². The number of benzene rings is 1. The van der Waals surface area contributed by atoms with Gasteiger partial charge in [0.05, 0.1) is 5.69 Å². The summed E-state index contributed by atoms with van der Waals surface area (Å²) < 4.78 is 0. The molecule has 2 aliphatic heterocycles. The number of carbonyl (C=O) groups excluding carboxylic acids is 1. The number of anilines is 2. The van der Waals surface area contributed by atoms with Crippen molar-refractivity contribution >= 4 is 29.2 Å². The predicted octanol–water partition coefficient (Wildman–Crippen LogP) is 3.09. The van der Waals surface area contributed by atoms with Gasteiger partial charge in [-0.15, -0.1) is 0 Å². The van der Waals surface area contributed by atoms with Crippen LogP contribution in [0.2, 0.25) is 0 Å². The number of urea groups is 1. The van der Waals surface area contributed by atoms with E-state index >= 15 is 0 Å². The Kier molecular flexibility index (Phi) is 4.58. The van der Waals surface area contributed by atoms with Crippen molar-refractivity contribution in [3.8, 4) is 0 Å². The molecule has 3 rings (SSSR count). The van der Waals surface area contributed by atoms with Crippen molar-refractivity contribution in [2.45, 2.75) is 32.2 Å². The van der Waals surface area contributed by atoms with Crippen LogP contribution in [0.1, 0.15) is 25.3 Å². The van der Waals surface area contributed by atoms with E-state index in [-0.39, 0.29) is 6.03 Å². The van der Waals surface area contributed by atoms with E-state index in [9.17, 15) is 4.79 Å². The lowest BCUT2D eigenvalue weighted by Crippen LogP contribution is -2.38. The van der Waals surface area contributed by atoms with Crippen molar-refractivity contribution < 1.29 is 4.79 Å². The molecule has 1 saturated heterocycles. The number of nitrogens with zero attached hydrogens (tertiary/aromatic N) is 1. The maximum absolute atomic E-state index is 12.1. The van der Waals surface area contributed by atoms with Crippen molar-refractivity contribution in [3.05, 3.63) is 23.8 Å². The lowest BCUT2D eigenvalue weighted by atomic mass is 10.1. The first-order valence-corrected chi connectivity index (χ1v) is 8.96. The minimum Gasteiger partial charge on any atom is -0.381 e. The first-order valence-electron chi connectivity index (χ1n) is 7.80. The maximum Gasteiger partial charge on any atom is 0.321 e. The third kappa shape index (κ3) is 3.28. The normalized spacial score (nSPS) is 21.0. The van der Waals surface area contributed by atoms with Gasteiger partial charge in [0, 0.05) is 30.6 Å². The quantitative estimate of drug-likeness (QED) is 0.902. The molecule has 114 valence electrons. The molecule has 2 amide bonds. The standard InChI is InChI=1S/C16H23N3OS/c1-2-17-16(20)19-8-7-12-5-6-13(10-15(12)19)18-14-4-3-9-21-11-14/h5-6,10,14,18H,2-4,7-9,11H2,1H3,(H,17,20)/t14-/m0/s1. The van der Waals surface area contributed by atoms with E-state index in [0.717, 1.165) is 24.3 Å². The van der Waals surface area contributed by atoms with Crippen molar-refractivity contribution in [1.82, 2.24) is 5.32 Å². The summed E-state index contributed by atoms with van der Waals surface area (Å²) in [5.41, 5.74) is 3.47. The molecule has 1 atom stereocenters. The zero-order chi connectivity index (χ0) is 14.7. The molecular weight excluding hydrogens is 282 g/mol. The van der Waals surface area contributed by atoms with Crippen LogP contribution in [0.25, 0.3) is 0 Å². The number of nitrogens with one attached hydrogen (secondary N) is 2. The highest BCUT2D eigenvalue weighted by atomic mass is 32.2. The highest BCUT2D eigenvalue weighted by Crippen LogP contribution is 2.32. The molecule has 0 aliphatic carbocycles. The van der Waals surface area contributed by atoms with Crippen molar-refractivity contribution in [1.29, 1.82) is 0 Å². The molecule has 0 saturated carbocycles. The summed E-state index contributed by atoms with van der Waals surface area (Å²) >= 11 is 2.02. The van der Waals surface area contributed by atoms with Crippen LogP contribution in [0.3, 0.4) is 0 Å². The molecule has 2 aliphatic rings. The molecule has 1 aromatic carbocycles. The summed E-state index contributed by atoms with van der Waals surface area (Å²) in [6.45, 7) is 3.40. The van der Waals surface area contributed by atoms with Crippen molar-refractivity contribution in [3.63, 3.8) is 0 Å². The summed E-state index contributed by atoms with van der Waals surface area (Å²) in [6.07, 6.45) is 3.48. The molecule has 0 radical (unpaired) electrons. The fourth-order valence-electron chi connectivity index (χ4n) is 3.02. The molecule has 1 aromatic rings. The second kappa shape index (κ2) is 6.60. The monoisotopic (exact) mass is 305 g/mol. The van der Waals surface area contributed by atoms with E-state index in [0.29, 0.717) is 12.6 Å². The molecule has 5 heteroatoms. The fourth-order valence-corrected chi connectivity index (χ4v) is 4.09. The highest BCUT2D eigenvalue weighted by Gasteiger charge is 2.24. The van der Waals surface area contributed by atoms with E-state index < -0.39 is 0 Å². The molecule has 2 N–H and O–H groups in total. The van der Waals surface area contributed by atoms with Gasteiger partial charge in [0.2, 0.25) is 0 Å². The van der Waals surface area contributed by atoms with Crippen LogP contribution in [0.4, 0.5) is 16.2 Å². The topological polar surface area (TPSA) is 44.4 Å². The summed E-state index contributed by atoms with van der Waals surface area (Å²) in [6, 6.07) is 7.02. The average Bonchev–Trinajstić information content (AvgIpc) is 2.92. The minimum atomic E-state index is 0.0154. The van der Waals surface area contributed by atoms with Crippen molar-refractivity contribution in [2.75, 3.05) is 34.8 Å². The number of hydrogen-bond acceptors (Lipinski definition) is 3. The Labute approximate surface area is 130 Å². The second-order valence-corrected chi connectivity index (χ2v) is 6.79. The Balaban J connectivity index is 1.73. The Morgan fingerprint density at radius 3 is 3.14 bits per heavy atom. The smallest absolute Gasteiger partial charge is 0.321 e. The van der Waals surface area contributed by atoms with Gasteiger partial charge < -0.3 is 10.6 Å². The van der Waals surface area contributed by atoms with Gasteiger partial charge in [-0.05, 0) is 49.6 Å². The number of thioether (sulfide) groups is 1. The Morgan fingerprint density at radius 1 is 1.48 bits per heavy atom. The highest BCUT2D eigenvalue weighted by molar-refractivity contribution is 7.99. The Bertz CT molecular complexity index is 514. The third-order valence-corrected chi connectivity index (χ3v) is 5.30. The van der Waals surface area contributed by atoms with Crippen LogP contribution < -0.4 is 15.5 Å². The zero-order valence-electron chi connectivity index (χ0n) is 12.5. The second-order valence-electron chi connectivity index (χ2n) is 5.64. The molecule has 0 unspecified atom stereocenters. The van der Waals surface area contributed by atoms with Gasteiger partial charge in [0.25, 0.3) is 0 Å². The minimum absolute atomic E-state index is 0.0154. The van der Waals surface area contributed by atoms with Crippen LogP contribution in [-0.2, 0) is 6.42 Å². The Hall–Kier alpha value is -1.36. The predicted molar refractivity (Wildman–Crippen MR) is 90.5 cm³/mol. The van der Waals surface area contributed by atoms with Crippen molar-refractivity contribution in [2.24, 2.45) is 0 Å². The van der Waals surface area contributed by atoms with Gasteiger partial charge in [-0.2, -0.15) is 11.8 Å². The summed E-state index contributed by atoms with van der Waals surface area (Å²) in [5.74, 6) is 2.46. The van der Waals surface area contributed by atoms with Gasteiger partial charge in [0.15, 0.2) is 0 Å². The first kappa shape index (κ1) is 14.6. The third-order valence-electron chi connectivity index (χ3n) is 4.09. The first-order chi connectivity index (χ1) is 10.3. The molecule has 4 nitrogen and oxygen atoms in total. The lowest BCUT2D eigenvalue weighted by molar-refractivity contribution is 0.247. The molecular formula is C16H23N3OS. The van der Waals surface area contributed by atoms with Crippen LogP contribution in [-0.4, -0.2) is 36.7 Å². The van der Waals surface area contributed by atoms with Crippen LogP contribution in [0, 0.1) is 0 Å². The number of amides is 2. The molecule has 0 spiro atoms. The van der Waals surface area contributed by atoms with Crippen LogP contribution in [0.5, 0.6) is 0 Å². The summed E-state index contributed by atoms with van der Waals surface area (Å²) in [4.78, 5) is 14.0. The SMILES string of the molecule is CCNC(=O)N1CCc2ccc(N[C@H]3CCCSC3)cc21. The van der Waals surface area contributed by atoms with Gasteiger partial charge in [-0.1, -0.05) is 6.07 Å². The Morgan fingerprint density at radius 2 is 2.38 bits per heavy atom. The van der Waals surface area contributed by atoms with Gasteiger partial charge in [-0.3, -0.25) is 4.90 Å².